The third kappa shape index (κ3) is 3.05. The summed E-state index contributed by atoms with van der Waals surface area (Å²) < 4.78 is 0. The van der Waals surface area contributed by atoms with Crippen molar-refractivity contribution in [1.29, 1.82) is 0 Å². The van der Waals surface area contributed by atoms with Crippen molar-refractivity contribution in [3.63, 3.8) is 0 Å². The number of pyridine rings is 1. The lowest BCUT2D eigenvalue weighted by molar-refractivity contribution is 0.889. The summed E-state index contributed by atoms with van der Waals surface area (Å²) in [6, 6.07) is 3.88. The Bertz CT molecular complexity index is 504. The van der Waals surface area contributed by atoms with Crippen molar-refractivity contribution < 1.29 is 0 Å². The van der Waals surface area contributed by atoms with Crippen LogP contribution >= 0.6 is 23.2 Å². The Balaban J connectivity index is 2.20. The molecule has 0 aliphatic carbocycles. The zero-order valence-corrected chi connectivity index (χ0v) is 10.7. The first-order chi connectivity index (χ1) is 8.16. The van der Waals surface area contributed by atoms with Gasteiger partial charge < -0.3 is 4.90 Å². The van der Waals surface area contributed by atoms with Crippen molar-refractivity contribution >= 4 is 29.0 Å². The number of rotatable bonds is 3. The smallest absolute Gasteiger partial charge is 0.224 e. The van der Waals surface area contributed by atoms with Crippen molar-refractivity contribution in [2.24, 2.45) is 0 Å². The summed E-state index contributed by atoms with van der Waals surface area (Å²) in [7, 11) is 1.89. The summed E-state index contributed by atoms with van der Waals surface area (Å²) in [4.78, 5) is 13.8. The average Bonchev–Trinajstić information content (AvgIpc) is 2.33. The molecule has 0 saturated heterocycles. The van der Waals surface area contributed by atoms with Gasteiger partial charge >= 0.3 is 0 Å². The Morgan fingerprint density at radius 1 is 1.24 bits per heavy atom. The molecule has 0 fully saturated rings. The molecule has 17 heavy (non-hydrogen) atoms. The second-order valence-corrected chi connectivity index (χ2v) is 4.27. The van der Waals surface area contributed by atoms with Crippen LogP contribution in [-0.4, -0.2) is 22.0 Å². The molecule has 0 aliphatic rings. The van der Waals surface area contributed by atoms with E-state index in [0.717, 1.165) is 5.56 Å². The van der Waals surface area contributed by atoms with Gasteiger partial charge in [0.2, 0.25) is 5.28 Å². The fourth-order valence-corrected chi connectivity index (χ4v) is 1.81. The number of hydrogen-bond acceptors (Lipinski definition) is 4. The van der Waals surface area contributed by atoms with Gasteiger partial charge in [-0.15, -0.1) is 0 Å². The molecule has 4 nitrogen and oxygen atoms in total. The Kier molecular flexibility index (Phi) is 3.76. The number of nitrogens with zero attached hydrogens (tertiary/aromatic N) is 4. The van der Waals surface area contributed by atoms with Gasteiger partial charge in [-0.1, -0.05) is 11.6 Å². The molecule has 0 bridgehead atoms. The van der Waals surface area contributed by atoms with Crippen LogP contribution in [0.2, 0.25) is 10.3 Å². The molecule has 0 aromatic carbocycles. The minimum Gasteiger partial charge on any atom is -0.354 e. The van der Waals surface area contributed by atoms with E-state index in [1.807, 2.05) is 24.1 Å². The Hall–Kier alpha value is -1.39. The van der Waals surface area contributed by atoms with Crippen LogP contribution in [0.4, 0.5) is 5.82 Å². The Morgan fingerprint density at radius 2 is 1.94 bits per heavy atom. The molecule has 88 valence electrons. The predicted molar refractivity (Wildman–Crippen MR) is 68.4 cm³/mol. The van der Waals surface area contributed by atoms with Crippen LogP contribution in [0.5, 0.6) is 0 Å². The minimum absolute atomic E-state index is 0.186. The molecule has 0 radical (unpaired) electrons. The highest BCUT2D eigenvalue weighted by atomic mass is 35.5. The zero-order valence-electron chi connectivity index (χ0n) is 9.14. The highest BCUT2D eigenvalue weighted by Crippen LogP contribution is 2.23. The average molecular weight is 269 g/mol. The van der Waals surface area contributed by atoms with Crippen LogP contribution in [0.25, 0.3) is 0 Å². The second kappa shape index (κ2) is 5.29. The molecule has 2 heterocycles. The molecule has 0 N–H and O–H groups in total. The summed E-state index contributed by atoms with van der Waals surface area (Å²) in [6.07, 6.45) is 4.99. The van der Waals surface area contributed by atoms with E-state index in [1.54, 1.807) is 12.4 Å². The minimum atomic E-state index is 0.186. The molecule has 2 aromatic rings. The summed E-state index contributed by atoms with van der Waals surface area (Å²) in [5, 5.41) is 0.664. The first kappa shape index (κ1) is 12.1. The summed E-state index contributed by atoms with van der Waals surface area (Å²) >= 11 is 11.8. The lowest BCUT2D eigenvalue weighted by Crippen LogP contribution is -2.18. The van der Waals surface area contributed by atoms with E-state index in [1.165, 1.54) is 6.20 Å². The van der Waals surface area contributed by atoms with E-state index >= 15 is 0 Å². The molecule has 0 saturated carbocycles. The van der Waals surface area contributed by atoms with Crippen LogP contribution in [0, 0.1) is 0 Å². The zero-order chi connectivity index (χ0) is 12.3. The SMILES string of the molecule is CN(Cc1ccncc1)c1nc(Cl)ncc1Cl. The van der Waals surface area contributed by atoms with Gasteiger partial charge in [0.05, 0.1) is 6.20 Å². The lowest BCUT2D eigenvalue weighted by Gasteiger charge is -2.19. The first-order valence-corrected chi connectivity index (χ1v) is 5.70. The molecule has 0 atom stereocenters. The molecule has 6 heteroatoms. The topological polar surface area (TPSA) is 41.9 Å². The molecular weight excluding hydrogens is 259 g/mol. The van der Waals surface area contributed by atoms with Gasteiger partial charge in [-0.05, 0) is 29.3 Å². The highest BCUT2D eigenvalue weighted by Gasteiger charge is 2.09. The quantitative estimate of drug-likeness (QED) is 0.803. The monoisotopic (exact) mass is 268 g/mol. The van der Waals surface area contributed by atoms with Crippen LogP contribution in [-0.2, 0) is 6.54 Å². The normalized spacial score (nSPS) is 10.3. The fourth-order valence-electron chi connectivity index (χ4n) is 1.44. The number of anilines is 1. The Labute approximate surface area is 109 Å². The largest absolute Gasteiger partial charge is 0.354 e. The number of aromatic nitrogens is 3. The van der Waals surface area contributed by atoms with Gasteiger partial charge in [-0.3, -0.25) is 4.98 Å². The molecule has 0 aliphatic heterocycles. The van der Waals surface area contributed by atoms with E-state index < -0.39 is 0 Å². The van der Waals surface area contributed by atoms with Gasteiger partial charge in [0, 0.05) is 26.0 Å². The van der Waals surface area contributed by atoms with Crippen LogP contribution in [0.15, 0.2) is 30.7 Å². The third-order valence-corrected chi connectivity index (χ3v) is 2.68. The number of halogens is 2. The van der Waals surface area contributed by atoms with Gasteiger partial charge in [0.15, 0.2) is 5.82 Å². The van der Waals surface area contributed by atoms with Crippen molar-refractivity contribution in [3.05, 3.63) is 46.6 Å². The van der Waals surface area contributed by atoms with Crippen LogP contribution < -0.4 is 4.90 Å². The predicted octanol–water partition coefficient (Wildman–Crippen LogP) is 2.81. The molecule has 0 spiro atoms. The maximum atomic E-state index is 6.02. The highest BCUT2D eigenvalue weighted by molar-refractivity contribution is 6.33. The summed E-state index contributed by atoms with van der Waals surface area (Å²) in [6.45, 7) is 0.676. The standard InChI is InChI=1S/C11H10Cl2N4/c1-17(7-8-2-4-14-5-3-8)10-9(12)6-15-11(13)16-10/h2-6H,7H2,1H3. The van der Waals surface area contributed by atoms with E-state index in [-0.39, 0.29) is 5.28 Å². The van der Waals surface area contributed by atoms with Crippen molar-refractivity contribution in [3.8, 4) is 0 Å². The first-order valence-electron chi connectivity index (χ1n) is 4.95. The lowest BCUT2D eigenvalue weighted by atomic mass is 10.2. The van der Waals surface area contributed by atoms with E-state index in [9.17, 15) is 0 Å². The van der Waals surface area contributed by atoms with E-state index in [4.69, 9.17) is 23.2 Å². The van der Waals surface area contributed by atoms with Gasteiger partial charge in [-0.25, -0.2) is 4.98 Å². The van der Waals surface area contributed by atoms with Gasteiger partial charge in [0.25, 0.3) is 0 Å². The number of hydrogen-bond donors (Lipinski definition) is 0. The van der Waals surface area contributed by atoms with E-state index in [2.05, 4.69) is 15.0 Å². The van der Waals surface area contributed by atoms with Gasteiger partial charge in [-0.2, -0.15) is 4.98 Å². The molecule has 0 amide bonds. The van der Waals surface area contributed by atoms with Gasteiger partial charge in [0.1, 0.15) is 5.02 Å². The maximum absolute atomic E-state index is 6.02. The second-order valence-electron chi connectivity index (χ2n) is 3.52. The van der Waals surface area contributed by atoms with Crippen molar-refractivity contribution in [2.75, 3.05) is 11.9 Å². The summed E-state index contributed by atoms with van der Waals surface area (Å²) in [5.41, 5.74) is 1.12. The molecule has 0 unspecified atom stereocenters. The van der Waals surface area contributed by atoms with Crippen molar-refractivity contribution in [2.45, 2.75) is 6.54 Å². The fraction of sp³-hybridized carbons (Fsp3) is 0.182. The van der Waals surface area contributed by atoms with Crippen LogP contribution in [0.3, 0.4) is 0 Å². The van der Waals surface area contributed by atoms with Crippen molar-refractivity contribution in [1.82, 2.24) is 15.0 Å². The van der Waals surface area contributed by atoms with E-state index in [0.29, 0.717) is 17.4 Å². The summed E-state index contributed by atoms with van der Waals surface area (Å²) in [5.74, 6) is 0.614. The molecular formula is C11H10Cl2N4. The molecule has 2 rings (SSSR count). The maximum Gasteiger partial charge on any atom is 0.224 e. The third-order valence-electron chi connectivity index (χ3n) is 2.23. The van der Waals surface area contributed by atoms with Crippen LogP contribution in [0.1, 0.15) is 5.56 Å². The Morgan fingerprint density at radius 3 is 2.65 bits per heavy atom. The molecule has 2 aromatic heterocycles.